The van der Waals surface area contributed by atoms with Gasteiger partial charge >= 0.3 is 0 Å². The summed E-state index contributed by atoms with van der Waals surface area (Å²) in [5, 5.41) is 8.64. The molecular weight excluding hydrogens is 94.0 g/mol. The van der Waals surface area contributed by atoms with Gasteiger partial charge in [-0.1, -0.05) is 0 Å². The third-order valence-corrected chi connectivity index (χ3v) is 0.242. The van der Waals surface area contributed by atoms with Crippen molar-refractivity contribution in [2.24, 2.45) is 5.73 Å². The second kappa shape index (κ2) is 3.61. The molecule has 0 rings (SSSR count). The molecule has 3 heteroatoms. The lowest BCUT2D eigenvalue weighted by Gasteiger charge is -1.86. The fraction of sp³-hybridized carbons (Fsp3) is 0.750. The van der Waals surface area contributed by atoms with E-state index in [1.54, 1.807) is 0 Å². The zero-order chi connectivity index (χ0) is 11.1. The summed E-state index contributed by atoms with van der Waals surface area (Å²) >= 11 is 0. The number of nitrogens with two attached hydrogens (primary N) is 1. The second-order valence-corrected chi connectivity index (χ2v) is 0.726. The molecule has 7 heavy (non-hydrogen) atoms. The molecule has 0 unspecified atom stereocenters. The molecular formula is C4H9NO2. The average molecular weight is 109 g/mol. The predicted molar refractivity (Wildman–Crippen MR) is 25.5 cm³/mol. The first-order valence-corrected chi connectivity index (χ1v) is 1.47. The molecule has 0 aliphatic heterocycles. The SMILES string of the molecule is [2H]C([2H])(O)C([2H])([2H])C([2H])([2H])C(N)=O. The fourth-order valence-corrected chi connectivity index (χ4v) is 0.0896. The molecule has 42 valence electrons. The van der Waals surface area contributed by atoms with Crippen molar-refractivity contribution in [3.05, 3.63) is 0 Å². The smallest absolute Gasteiger partial charge is 0.217 e. The van der Waals surface area contributed by atoms with Gasteiger partial charge in [-0.25, -0.2) is 0 Å². The molecule has 0 spiro atoms. The van der Waals surface area contributed by atoms with Crippen LogP contribution in [-0.4, -0.2) is 17.6 Å². The summed E-state index contributed by atoms with van der Waals surface area (Å²) in [6.07, 6.45) is -6.67. The second-order valence-electron chi connectivity index (χ2n) is 0.726. The highest BCUT2D eigenvalue weighted by Gasteiger charge is 1.88. The fourth-order valence-electron chi connectivity index (χ4n) is 0.0896. The van der Waals surface area contributed by atoms with Gasteiger partial charge in [0, 0.05) is 18.4 Å². The number of amides is 1. The van der Waals surface area contributed by atoms with Crippen LogP contribution in [-0.2, 0) is 4.79 Å². The summed E-state index contributed by atoms with van der Waals surface area (Å²) < 4.78 is 40.6. The van der Waals surface area contributed by atoms with Gasteiger partial charge in [0.25, 0.3) is 0 Å². The highest BCUT2D eigenvalue weighted by molar-refractivity contribution is 5.73. The van der Waals surface area contributed by atoms with E-state index in [4.69, 9.17) is 13.3 Å². The Morgan fingerprint density at radius 1 is 2.00 bits per heavy atom. The third kappa shape index (κ3) is 5.43. The standard InChI is InChI=1S/C4H9NO2/c5-4(7)2-1-3-6/h6H,1-3H2,(H2,5,7)/i1D2,2D2,3D2. The molecule has 0 heterocycles. The number of carbonyl (C=O) groups is 1. The van der Waals surface area contributed by atoms with Crippen molar-refractivity contribution in [3.63, 3.8) is 0 Å². The Morgan fingerprint density at radius 3 is 2.71 bits per heavy atom. The molecule has 3 N–H and O–H groups in total. The van der Waals surface area contributed by atoms with E-state index in [1.165, 1.54) is 0 Å². The van der Waals surface area contributed by atoms with Crippen molar-refractivity contribution >= 4 is 5.91 Å². The molecule has 0 bridgehead atoms. The van der Waals surface area contributed by atoms with Crippen LogP contribution in [0.4, 0.5) is 0 Å². The molecule has 0 saturated carbocycles. The number of hydrogen-bond donors (Lipinski definition) is 2. The van der Waals surface area contributed by atoms with Crippen molar-refractivity contribution < 1.29 is 18.1 Å². The van der Waals surface area contributed by atoms with Crippen molar-refractivity contribution in [3.8, 4) is 0 Å². The summed E-state index contributed by atoms with van der Waals surface area (Å²) in [5.41, 5.74) is 4.52. The molecule has 0 aliphatic rings. The van der Waals surface area contributed by atoms with E-state index in [2.05, 4.69) is 5.73 Å². The lowest BCUT2D eigenvalue weighted by Crippen LogP contribution is -2.10. The van der Waals surface area contributed by atoms with Crippen LogP contribution in [0.1, 0.15) is 21.0 Å². The van der Waals surface area contributed by atoms with Gasteiger partial charge in [-0.15, -0.1) is 0 Å². The van der Waals surface area contributed by atoms with E-state index in [9.17, 15) is 4.79 Å². The minimum Gasteiger partial charge on any atom is -0.396 e. The largest absolute Gasteiger partial charge is 0.396 e. The lowest BCUT2D eigenvalue weighted by atomic mass is 10.3. The van der Waals surface area contributed by atoms with Crippen LogP contribution in [0.15, 0.2) is 0 Å². The first-order valence-electron chi connectivity index (χ1n) is 4.47. The maximum absolute atomic E-state index is 10.4. The van der Waals surface area contributed by atoms with Gasteiger partial charge in [0.2, 0.25) is 5.91 Å². The van der Waals surface area contributed by atoms with Gasteiger partial charge in [-0.05, 0) is 6.37 Å². The van der Waals surface area contributed by atoms with Crippen LogP contribution < -0.4 is 5.73 Å². The molecule has 0 aromatic heterocycles. The van der Waals surface area contributed by atoms with Crippen LogP contribution in [0.25, 0.3) is 0 Å². The summed E-state index contributed by atoms with van der Waals surface area (Å²) in [5.74, 6) is -1.67. The summed E-state index contributed by atoms with van der Waals surface area (Å²) in [4.78, 5) is 10.4. The Morgan fingerprint density at radius 2 is 2.57 bits per heavy atom. The molecule has 0 fully saturated rings. The number of rotatable bonds is 3. The van der Waals surface area contributed by atoms with Gasteiger partial charge in [-0.3, -0.25) is 4.79 Å². The minimum atomic E-state index is -3.48. The summed E-state index contributed by atoms with van der Waals surface area (Å²) in [6, 6.07) is 0. The summed E-state index contributed by atoms with van der Waals surface area (Å²) in [7, 11) is 0. The molecule has 1 amide bonds. The van der Waals surface area contributed by atoms with E-state index < -0.39 is 25.2 Å². The van der Waals surface area contributed by atoms with Crippen LogP contribution in [0.5, 0.6) is 0 Å². The number of carbonyl (C=O) groups excluding carboxylic acids is 1. The van der Waals surface area contributed by atoms with E-state index >= 15 is 0 Å². The average Bonchev–Trinajstić information content (AvgIpc) is 1.84. The molecule has 0 aromatic rings. The van der Waals surface area contributed by atoms with Gasteiger partial charge in [-0.2, -0.15) is 0 Å². The quantitative estimate of drug-likeness (QED) is 0.500. The highest BCUT2D eigenvalue weighted by Crippen LogP contribution is 1.81. The van der Waals surface area contributed by atoms with Crippen LogP contribution in [0.2, 0.25) is 0 Å². The molecule has 0 aromatic carbocycles. The lowest BCUT2D eigenvalue weighted by molar-refractivity contribution is -0.118. The first-order chi connectivity index (χ1) is 5.44. The topological polar surface area (TPSA) is 63.3 Å². The van der Waals surface area contributed by atoms with Crippen molar-refractivity contribution in [2.75, 3.05) is 6.56 Å². The van der Waals surface area contributed by atoms with Crippen molar-refractivity contribution in [2.45, 2.75) is 12.7 Å². The first kappa shape index (κ1) is 1.45. The minimum absolute atomic E-state index is 1.67. The molecule has 0 radical (unpaired) electrons. The molecule has 3 nitrogen and oxygen atoms in total. The van der Waals surface area contributed by atoms with Crippen LogP contribution >= 0.6 is 0 Å². The van der Waals surface area contributed by atoms with Crippen LogP contribution in [0.3, 0.4) is 0 Å². The Bertz CT molecular complexity index is 221. The summed E-state index contributed by atoms with van der Waals surface area (Å²) in [6.45, 7) is -3.48. The van der Waals surface area contributed by atoms with Gasteiger partial charge < -0.3 is 10.8 Å². The Labute approximate surface area is 50.6 Å². The molecule has 0 atom stereocenters. The zero-order valence-corrected chi connectivity index (χ0v) is 3.43. The van der Waals surface area contributed by atoms with Gasteiger partial charge in [0.05, 0.1) is 2.74 Å². The van der Waals surface area contributed by atoms with Gasteiger partial charge in [0.1, 0.15) is 0 Å². The van der Waals surface area contributed by atoms with E-state index in [-0.39, 0.29) is 0 Å². The van der Waals surface area contributed by atoms with E-state index in [0.29, 0.717) is 0 Å². The predicted octanol–water partition coefficient (Wildman–Crippen LogP) is -0.756. The maximum atomic E-state index is 10.4. The monoisotopic (exact) mass is 109 g/mol. The van der Waals surface area contributed by atoms with E-state index in [1.807, 2.05) is 0 Å². The highest BCUT2D eigenvalue weighted by atomic mass is 16.3. The Kier molecular flexibility index (Phi) is 0.749. The number of hydrogen-bond acceptors (Lipinski definition) is 2. The van der Waals surface area contributed by atoms with Crippen molar-refractivity contribution in [1.82, 2.24) is 0 Å². The number of primary amides is 1. The third-order valence-electron chi connectivity index (χ3n) is 0.242. The van der Waals surface area contributed by atoms with Crippen molar-refractivity contribution in [1.29, 1.82) is 0 Å². The van der Waals surface area contributed by atoms with Gasteiger partial charge in [0.15, 0.2) is 0 Å². The zero-order valence-electron chi connectivity index (χ0n) is 9.43. The Balaban J connectivity index is 5.16. The number of aliphatic hydroxyl groups is 1. The maximum Gasteiger partial charge on any atom is 0.217 e. The molecule has 0 aliphatic carbocycles. The molecule has 0 saturated heterocycles. The van der Waals surface area contributed by atoms with Crippen LogP contribution in [0, 0.1) is 0 Å². The Hall–Kier alpha value is -0.570. The van der Waals surface area contributed by atoms with E-state index in [0.717, 1.165) is 0 Å². The normalized spacial score (nSPS) is 27.6.